The Labute approximate surface area is 141 Å². The van der Waals surface area contributed by atoms with Gasteiger partial charge in [0.15, 0.2) is 5.78 Å². The number of morpholine rings is 1. The van der Waals surface area contributed by atoms with Crippen LogP contribution in [-0.4, -0.2) is 42.9 Å². The van der Waals surface area contributed by atoms with Crippen LogP contribution < -0.4 is 0 Å². The first-order chi connectivity index (χ1) is 11.7. The smallest absolute Gasteiger partial charge is 0.246 e. The van der Waals surface area contributed by atoms with E-state index in [0.717, 1.165) is 5.56 Å². The van der Waals surface area contributed by atoms with Gasteiger partial charge in [-0.2, -0.15) is 0 Å². The van der Waals surface area contributed by atoms with E-state index < -0.39 is 0 Å². The summed E-state index contributed by atoms with van der Waals surface area (Å²) < 4.78 is 5.23. The molecular weight excluding hydrogens is 302 g/mol. The lowest BCUT2D eigenvalue weighted by Gasteiger charge is -2.25. The number of rotatable bonds is 4. The monoisotopic (exact) mass is 321 g/mol. The van der Waals surface area contributed by atoms with Crippen LogP contribution in [0.3, 0.4) is 0 Å². The summed E-state index contributed by atoms with van der Waals surface area (Å²) in [5, 5.41) is 0. The molecular formula is C20H19NO3. The van der Waals surface area contributed by atoms with Crippen LogP contribution in [0.25, 0.3) is 6.08 Å². The van der Waals surface area contributed by atoms with E-state index in [4.69, 9.17) is 4.74 Å². The van der Waals surface area contributed by atoms with E-state index in [-0.39, 0.29) is 11.7 Å². The molecule has 0 spiro atoms. The predicted octanol–water partition coefficient (Wildman–Crippen LogP) is 2.79. The molecule has 0 atom stereocenters. The van der Waals surface area contributed by atoms with Crippen LogP contribution in [0.15, 0.2) is 60.7 Å². The first-order valence-corrected chi connectivity index (χ1v) is 7.98. The molecule has 0 unspecified atom stereocenters. The van der Waals surface area contributed by atoms with Crippen LogP contribution in [0.5, 0.6) is 0 Å². The Hall–Kier alpha value is -2.72. The molecule has 3 rings (SSSR count). The number of carbonyl (C=O) groups excluding carboxylic acids is 2. The van der Waals surface area contributed by atoms with Crippen LogP contribution in [-0.2, 0) is 9.53 Å². The van der Waals surface area contributed by atoms with E-state index in [9.17, 15) is 9.59 Å². The van der Waals surface area contributed by atoms with Crippen LogP contribution >= 0.6 is 0 Å². The van der Waals surface area contributed by atoms with E-state index >= 15 is 0 Å². The normalized spacial score (nSPS) is 14.8. The number of carbonyl (C=O) groups is 2. The fourth-order valence-corrected chi connectivity index (χ4v) is 2.56. The number of nitrogens with zero attached hydrogens (tertiary/aromatic N) is 1. The SMILES string of the molecule is O=C(c1ccccc1)c1ccc(C=CC(=O)N2CCOCC2)cc1. The van der Waals surface area contributed by atoms with Gasteiger partial charge in [-0.15, -0.1) is 0 Å². The maximum atomic E-state index is 12.3. The zero-order valence-electron chi connectivity index (χ0n) is 13.4. The van der Waals surface area contributed by atoms with Crippen molar-refractivity contribution in [1.29, 1.82) is 0 Å². The molecule has 1 aliphatic rings. The van der Waals surface area contributed by atoms with Gasteiger partial charge >= 0.3 is 0 Å². The van der Waals surface area contributed by atoms with Crippen LogP contribution in [0.2, 0.25) is 0 Å². The van der Waals surface area contributed by atoms with Gasteiger partial charge in [-0.3, -0.25) is 9.59 Å². The Bertz CT molecular complexity index is 729. The Morgan fingerprint density at radius 1 is 0.875 bits per heavy atom. The Kier molecular flexibility index (Phi) is 5.18. The second kappa shape index (κ2) is 7.70. The summed E-state index contributed by atoms with van der Waals surface area (Å²) in [4.78, 5) is 26.2. The molecule has 0 aliphatic carbocycles. The summed E-state index contributed by atoms with van der Waals surface area (Å²) in [6.07, 6.45) is 3.34. The number of ketones is 1. The molecule has 122 valence electrons. The molecule has 0 bridgehead atoms. The lowest BCUT2D eigenvalue weighted by molar-refractivity contribution is -0.129. The summed E-state index contributed by atoms with van der Waals surface area (Å²) in [7, 11) is 0. The van der Waals surface area contributed by atoms with Gasteiger partial charge in [0.25, 0.3) is 0 Å². The van der Waals surface area contributed by atoms with Gasteiger partial charge in [-0.05, 0) is 11.6 Å². The summed E-state index contributed by atoms with van der Waals surface area (Å²) in [6.45, 7) is 2.45. The van der Waals surface area contributed by atoms with E-state index in [1.165, 1.54) is 0 Å². The predicted molar refractivity (Wildman–Crippen MR) is 92.7 cm³/mol. The van der Waals surface area contributed by atoms with E-state index in [1.807, 2.05) is 30.3 Å². The maximum absolute atomic E-state index is 12.3. The molecule has 4 heteroatoms. The zero-order chi connectivity index (χ0) is 16.8. The second-order valence-electron chi connectivity index (χ2n) is 5.59. The molecule has 2 aromatic carbocycles. The zero-order valence-corrected chi connectivity index (χ0v) is 13.4. The molecule has 1 saturated heterocycles. The van der Waals surface area contributed by atoms with E-state index in [0.29, 0.717) is 37.4 Å². The minimum Gasteiger partial charge on any atom is -0.378 e. The fraction of sp³-hybridized carbons (Fsp3) is 0.200. The molecule has 0 saturated carbocycles. The van der Waals surface area contributed by atoms with Gasteiger partial charge in [0.05, 0.1) is 13.2 Å². The number of amides is 1. The summed E-state index contributed by atoms with van der Waals surface area (Å²) >= 11 is 0. The highest BCUT2D eigenvalue weighted by Gasteiger charge is 2.14. The van der Waals surface area contributed by atoms with Crippen molar-refractivity contribution in [2.75, 3.05) is 26.3 Å². The quantitative estimate of drug-likeness (QED) is 0.642. The lowest BCUT2D eigenvalue weighted by atomic mass is 10.0. The average Bonchev–Trinajstić information content (AvgIpc) is 2.67. The topological polar surface area (TPSA) is 46.6 Å². The number of hydrogen-bond acceptors (Lipinski definition) is 3. The molecule has 24 heavy (non-hydrogen) atoms. The van der Waals surface area contributed by atoms with Crippen molar-refractivity contribution in [2.45, 2.75) is 0 Å². The van der Waals surface area contributed by atoms with Gasteiger partial charge in [0, 0.05) is 30.3 Å². The van der Waals surface area contributed by atoms with Crippen LogP contribution in [0.1, 0.15) is 21.5 Å². The van der Waals surface area contributed by atoms with Crippen molar-refractivity contribution in [3.8, 4) is 0 Å². The first-order valence-electron chi connectivity index (χ1n) is 7.98. The Morgan fingerprint density at radius 2 is 1.50 bits per heavy atom. The molecule has 0 N–H and O–H groups in total. The minimum atomic E-state index is -0.0114. The van der Waals surface area contributed by atoms with E-state index in [2.05, 4.69) is 0 Å². The molecule has 4 nitrogen and oxygen atoms in total. The van der Waals surface area contributed by atoms with Gasteiger partial charge in [0.1, 0.15) is 0 Å². The lowest BCUT2D eigenvalue weighted by Crippen LogP contribution is -2.39. The van der Waals surface area contributed by atoms with Crippen molar-refractivity contribution in [2.24, 2.45) is 0 Å². The fourth-order valence-electron chi connectivity index (χ4n) is 2.56. The van der Waals surface area contributed by atoms with Crippen LogP contribution in [0, 0.1) is 0 Å². The molecule has 1 aliphatic heterocycles. The highest BCUT2D eigenvalue weighted by Crippen LogP contribution is 2.12. The minimum absolute atomic E-state index is 0.00415. The van der Waals surface area contributed by atoms with Crippen molar-refractivity contribution in [3.63, 3.8) is 0 Å². The third-order valence-corrected chi connectivity index (χ3v) is 3.95. The number of ether oxygens (including phenoxy) is 1. The van der Waals surface area contributed by atoms with Gasteiger partial charge in [-0.25, -0.2) is 0 Å². The average molecular weight is 321 g/mol. The second-order valence-corrected chi connectivity index (χ2v) is 5.59. The summed E-state index contributed by atoms with van der Waals surface area (Å²) in [6, 6.07) is 16.5. The molecule has 1 heterocycles. The first kappa shape index (κ1) is 16.1. The molecule has 0 aromatic heterocycles. The Balaban J connectivity index is 1.65. The summed E-state index contributed by atoms with van der Waals surface area (Å²) in [5.74, 6) is -0.0155. The van der Waals surface area contributed by atoms with Crippen LogP contribution in [0.4, 0.5) is 0 Å². The third kappa shape index (κ3) is 3.97. The van der Waals surface area contributed by atoms with Gasteiger partial charge in [-0.1, -0.05) is 54.6 Å². The number of hydrogen-bond donors (Lipinski definition) is 0. The third-order valence-electron chi connectivity index (χ3n) is 3.95. The van der Waals surface area contributed by atoms with Crippen molar-refractivity contribution >= 4 is 17.8 Å². The molecule has 1 amide bonds. The van der Waals surface area contributed by atoms with Gasteiger partial charge in [0.2, 0.25) is 5.91 Å². The van der Waals surface area contributed by atoms with Crippen molar-refractivity contribution in [1.82, 2.24) is 4.90 Å². The van der Waals surface area contributed by atoms with Crippen molar-refractivity contribution < 1.29 is 14.3 Å². The number of benzene rings is 2. The highest BCUT2D eigenvalue weighted by atomic mass is 16.5. The maximum Gasteiger partial charge on any atom is 0.246 e. The highest BCUT2D eigenvalue weighted by molar-refractivity contribution is 6.09. The molecule has 2 aromatic rings. The molecule has 1 fully saturated rings. The largest absolute Gasteiger partial charge is 0.378 e. The molecule has 0 radical (unpaired) electrons. The van der Waals surface area contributed by atoms with Gasteiger partial charge < -0.3 is 9.64 Å². The standard InChI is InChI=1S/C20H19NO3/c22-19(21-12-14-24-15-13-21)11-8-16-6-9-18(10-7-16)20(23)17-4-2-1-3-5-17/h1-11H,12-15H2. The Morgan fingerprint density at radius 3 is 2.17 bits per heavy atom. The summed E-state index contributed by atoms with van der Waals surface area (Å²) in [5.41, 5.74) is 2.20. The van der Waals surface area contributed by atoms with Crippen molar-refractivity contribution in [3.05, 3.63) is 77.4 Å². The van der Waals surface area contributed by atoms with E-state index in [1.54, 1.807) is 41.3 Å².